The van der Waals surface area contributed by atoms with Crippen molar-refractivity contribution in [3.63, 3.8) is 0 Å². The fourth-order valence-electron chi connectivity index (χ4n) is 1.87. The summed E-state index contributed by atoms with van der Waals surface area (Å²) in [6.07, 6.45) is 0.149. The van der Waals surface area contributed by atoms with Crippen LogP contribution in [0.25, 0.3) is 10.1 Å². The molecule has 0 aliphatic heterocycles. The van der Waals surface area contributed by atoms with Crippen LogP contribution in [0.3, 0.4) is 0 Å². The first-order valence-corrected chi connectivity index (χ1v) is 6.91. The number of fused-ring (bicyclic) bond motifs is 1. The van der Waals surface area contributed by atoms with E-state index < -0.39 is 6.10 Å². The zero-order chi connectivity index (χ0) is 12.8. The van der Waals surface area contributed by atoms with Crippen LogP contribution in [0, 0.1) is 0 Å². The lowest BCUT2D eigenvalue weighted by molar-refractivity contribution is 0.0479. The monoisotopic (exact) mass is 266 g/mol. The van der Waals surface area contributed by atoms with Gasteiger partial charge in [-0.15, -0.1) is 11.3 Å². The summed E-state index contributed by atoms with van der Waals surface area (Å²) >= 11 is 1.67. The van der Waals surface area contributed by atoms with Crippen LogP contribution in [0.15, 0.2) is 29.6 Å². The summed E-state index contributed by atoms with van der Waals surface area (Å²) in [5, 5.41) is 13.4. The second-order valence-corrected chi connectivity index (χ2v) is 5.01. The molecule has 2 rings (SSSR count). The van der Waals surface area contributed by atoms with Gasteiger partial charge in [-0.25, -0.2) is 0 Å². The van der Waals surface area contributed by atoms with Crippen LogP contribution >= 0.6 is 11.3 Å². The first-order chi connectivity index (χ1) is 8.83. The van der Waals surface area contributed by atoms with Gasteiger partial charge in [-0.3, -0.25) is 0 Å². The van der Waals surface area contributed by atoms with Crippen molar-refractivity contribution in [2.75, 3.05) is 26.9 Å². The molecule has 1 aromatic heterocycles. The Morgan fingerprint density at radius 2 is 2.11 bits per heavy atom. The van der Waals surface area contributed by atoms with Crippen molar-refractivity contribution >= 4 is 21.4 Å². The van der Waals surface area contributed by atoms with Crippen LogP contribution in [0.4, 0.5) is 0 Å². The number of hydrogen-bond donors (Lipinski definition) is 1. The lowest BCUT2D eigenvalue weighted by atomic mass is 10.1. The van der Waals surface area contributed by atoms with E-state index in [0.29, 0.717) is 26.2 Å². The van der Waals surface area contributed by atoms with Gasteiger partial charge in [0.25, 0.3) is 0 Å². The second-order valence-electron chi connectivity index (χ2n) is 4.10. The van der Waals surface area contributed by atoms with Crippen molar-refractivity contribution in [2.24, 2.45) is 0 Å². The van der Waals surface area contributed by atoms with Crippen LogP contribution in [0.5, 0.6) is 0 Å². The van der Waals surface area contributed by atoms with Crippen molar-refractivity contribution in [1.29, 1.82) is 0 Å². The van der Waals surface area contributed by atoms with Crippen LogP contribution in [-0.4, -0.2) is 32.0 Å². The Hall–Kier alpha value is -0.940. The van der Waals surface area contributed by atoms with E-state index in [0.717, 1.165) is 5.56 Å². The predicted octanol–water partition coefficient (Wildman–Crippen LogP) is 2.99. The molecule has 98 valence electrons. The third-order valence-electron chi connectivity index (χ3n) is 2.84. The Morgan fingerprint density at radius 3 is 2.94 bits per heavy atom. The van der Waals surface area contributed by atoms with Gasteiger partial charge in [0.15, 0.2) is 0 Å². The fourth-order valence-corrected chi connectivity index (χ4v) is 2.84. The van der Waals surface area contributed by atoms with E-state index in [2.05, 4.69) is 17.5 Å². The molecule has 0 saturated carbocycles. The number of ether oxygens (including phenoxy) is 2. The highest BCUT2D eigenvalue weighted by Crippen LogP contribution is 2.30. The maximum atomic E-state index is 10.2. The Bertz CT molecular complexity index is 481. The molecule has 3 nitrogen and oxygen atoms in total. The second kappa shape index (κ2) is 6.85. The molecule has 0 fully saturated rings. The number of aliphatic hydroxyl groups is 1. The Kier molecular flexibility index (Phi) is 5.13. The summed E-state index contributed by atoms with van der Waals surface area (Å²) < 4.78 is 11.4. The first-order valence-electron chi connectivity index (χ1n) is 6.04. The smallest absolute Gasteiger partial charge is 0.0825 e. The lowest BCUT2D eigenvalue weighted by Gasteiger charge is -2.12. The van der Waals surface area contributed by atoms with E-state index >= 15 is 0 Å². The fraction of sp³-hybridized carbons (Fsp3) is 0.429. The topological polar surface area (TPSA) is 38.7 Å². The van der Waals surface area contributed by atoms with Gasteiger partial charge < -0.3 is 14.6 Å². The molecule has 18 heavy (non-hydrogen) atoms. The molecule has 1 atom stereocenters. The molecule has 4 heteroatoms. The lowest BCUT2D eigenvalue weighted by Crippen LogP contribution is -2.07. The van der Waals surface area contributed by atoms with E-state index in [1.165, 1.54) is 10.1 Å². The molecular formula is C14H18O3S. The number of aliphatic hydroxyl groups excluding tert-OH is 1. The molecule has 0 spiro atoms. The van der Waals surface area contributed by atoms with Gasteiger partial charge in [-0.2, -0.15) is 0 Å². The van der Waals surface area contributed by atoms with Crippen LogP contribution in [0.1, 0.15) is 18.1 Å². The van der Waals surface area contributed by atoms with Gasteiger partial charge in [-0.05, 0) is 22.4 Å². The minimum absolute atomic E-state index is 0.463. The van der Waals surface area contributed by atoms with E-state index in [-0.39, 0.29) is 0 Å². The Labute approximate surface area is 111 Å². The summed E-state index contributed by atoms with van der Waals surface area (Å²) in [6, 6.07) is 8.11. The quantitative estimate of drug-likeness (QED) is 0.783. The third kappa shape index (κ3) is 3.29. The van der Waals surface area contributed by atoms with E-state index in [4.69, 9.17) is 9.47 Å². The molecule has 2 aromatic rings. The van der Waals surface area contributed by atoms with E-state index in [9.17, 15) is 5.11 Å². The minimum Gasteiger partial charge on any atom is -0.388 e. The zero-order valence-corrected chi connectivity index (χ0v) is 11.3. The normalized spacial score (nSPS) is 13.0. The first kappa shape index (κ1) is 13.5. The van der Waals surface area contributed by atoms with Crippen molar-refractivity contribution in [2.45, 2.75) is 12.5 Å². The van der Waals surface area contributed by atoms with Crippen molar-refractivity contribution in [3.8, 4) is 0 Å². The summed E-state index contributed by atoms with van der Waals surface area (Å²) in [4.78, 5) is 0. The highest BCUT2D eigenvalue weighted by molar-refractivity contribution is 7.17. The number of thiophene rings is 1. The number of benzene rings is 1. The third-order valence-corrected chi connectivity index (χ3v) is 3.82. The average molecular weight is 266 g/mol. The zero-order valence-electron chi connectivity index (χ0n) is 10.5. The summed E-state index contributed by atoms with van der Waals surface area (Å²) in [7, 11) is 1.65. The summed E-state index contributed by atoms with van der Waals surface area (Å²) in [5.41, 5.74) is 0.998. The molecule has 0 saturated heterocycles. The molecule has 0 amide bonds. The van der Waals surface area contributed by atoms with Crippen molar-refractivity contribution < 1.29 is 14.6 Å². The maximum absolute atomic E-state index is 10.2. The average Bonchev–Trinajstić information content (AvgIpc) is 2.86. The Balaban J connectivity index is 1.92. The van der Waals surface area contributed by atoms with Crippen LogP contribution in [0.2, 0.25) is 0 Å². The standard InChI is InChI=1S/C14H18O3S/c1-16-8-9-17-7-5-13(15)12-4-2-3-11-6-10-18-14(11)12/h2-4,6,10,13,15H,5,7-9H2,1H3. The van der Waals surface area contributed by atoms with Gasteiger partial charge in [0, 0.05) is 24.8 Å². The summed E-state index contributed by atoms with van der Waals surface area (Å²) in [6.45, 7) is 1.72. The van der Waals surface area contributed by atoms with Crippen LogP contribution < -0.4 is 0 Å². The SMILES string of the molecule is COCCOCCC(O)c1cccc2ccsc12. The number of rotatable bonds is 7. The Morgan fingerprint density at radius 1 is 1.22 bits per heavy atom. The van der Waals surface area contributed by atoms with Crippen molar-refractivity contribution in [3.05, 3.63) is 35.2 Å². The molecule has 0 radical (unpaired) electrons. The van der Waals surface area contributed by atoms with Gasteiger partial charge in [0.05, 0.1) is 19.3 Å². The largest absolute Gasteiger partial charge is 0.388 e. The number of hydrogen-bond acceptors (Lipinski definition) is 4. The molecular weight excluding hydrogens is 248 g/mol. The predicted molar refractivity (Wildman–Crippen MR) is 74.1 cm³/mol. The van der Waals surface area contributed by atoms with E-state index in [1.807, 2.05) is 12.1 Å². The summed E-state index contributed by atoms with van der Waals surface area (Å²) in [5.74, 6) is 0. The van der Waals surface area contributed by atoms with Crippen LogP contribution in [-0.2, 0) is 9.47 Å². The van der Waals surface area contributed by atoms with Gasteiger partial charge in [0.2, 0.25) is 0 Å². The molecule has 1 aromatic carbocycles. The highest BCUT2D eigenvalue weighted by atomic mass is 32.1. The van der Waals surface area contributed by atoms with Gasteiger partial charge in [0.1, 0.15) is 0 Å². The number of methoxy groups -OCH3 is 1. The molecule has 0 aliphatic rings. The molecule has 1 unspecified atom stereocenters. The highest BCUT2D eigenvalue weighted by Gasteiger charge is 2.11. The molecule has 0 aliphatic carbocycles. The molecule has 0 bridgehead atoms. The van der Waals surface area contributed by atoms with Gasteiger partial charge >= 0.3 is 0 Å². The minimum atomic E-state index is -0.463. The van der Waals surface area contributed by atoms with Crippen molar-refractivity contribution in [1.82, 2.24) is 0 Å². The van der Waals surface area contributed by atoms with Gasteiger partial charge in [-0.1, -0.05) is 18.2 Å². The van der Waals surface area contributed by atoms with E-state index in [1.54, 1.807) is 18.4 Å². The maximum Gasteiger partial charge on any atom is 0.0825 e. The molecule has 1 heterocycles. The molecule has 1 N–H and O–H groups in total.